The molecule has 1 unspecified atom stereocenters. The second-order valence-corrected chi connectivity index (χ2v) is 7.01. The van der Waals surface area contributed by atoms with Gasteiger partial charge in [0.2, 0.25) is 0 Å². The highest BCUT2D eigenvalue weighted by molar-refractivity contribution is 5.76. The van der Waals surface area contributed by atoms with E-state index in [9.17, 15) is 13.6 Å². The van der Waals surface area contributed by atoms with E-state index in [1.807, 2.05) is 23.1 Å². The molecule has 1 saturated carbocycles. The number of amides is 2. The lowest BCUT2D eigenvalue weighted by atomic mass is 9.56. The van der Waals surface area contributed by atoms with Crippen molar-refractivity contribution in [1.29, 1.82) is 0 Å². The number of nitrogens with one attached hydrogen (secondary N) is 1. The number of likely N-dealkylation sites (tertiary alicyclic amines) is 1. The minimum atomic E-state index is -2.65. The number of hydrogen-bond donors (Lipinski definition) is 1. The molecule has 136 valence electrons. The molecule has 1 N–H and O–H groups in total. The second-order valence-electron chi connectivity index (χ2n) is 7.01. The van der Waals surface area contributed by atoms with Crippen LogP contribution in [-0.4, -0.2) is 27.4 Å². The molecule has 1 aliphatic carbocycles. The van der Waals surface area contributed by atoms with Gasteiger partial charge < -0.3 is 10.2 Å². The summed E-state index contributed by atoms with van der Waals surface area (Å²) in [5, 5.41) is 2.77. The van der Waals surface area contributed by atoms with Gasteiger partial charge in [0.15, 0.2) is 0 Å². The minimum Gasteiger partial charge on any atom is -0.331 e. The second kappa shape index (κ2) is 6.63. The molecule has 2 amide bonds. The van der Waals surface area contributed by atoms with Crippen molar-refractivity contribution >= 4 is 6.03 Å². The summed E-state index contributed by atoms with van der Waals surface area (Å²) in [6.07, 6.45) is 2.11. The highest BCUT2D eigenvalue weighted by Crippen LogP contribution is 2.60. The van der Waals surface area contributed by atoms with E-state index in [0.29, 0.717) is 0 Å². The average Bonchev–Trinajstić information content (AvgIpc) is 2.59. The molecule has 7 heteroatoms. The van der Waals surface area contributed by atoms with Crippen LogP contribution in [-0.2, 0) is 6.54 Å². The average molecular weight is 358 g/mol. The summed E-state index contributed by atoms with van der Waals surface area (Å²) in [5.74, 6) is 0.186. The van der Waals surface area contributed by atoms with Crippen LogP contribution in [0.15, 0.2) is 42.6 Å². The fraction of sp³-hybridized carbons (Fsp3) is 0.421. The molecule has 4 rings (SSSR count). The first-order valence-electron chi connectivity index (χ1n) is 8.78. The van der Waals surface area contributed by atoms with Crippen LogP contribution in [0.3, 0.4) is 0 Å². The summed E-state index contributed by atoms with van der Waals surface area (Å²) < 4.78 is 25.4. The number of carbonyl (C=O) groups excluding carboxylic acids is 1. The number of aromatic nitrogens is 2. The van der Waals surface area contributed by atoms with E-state index in [-0.39, 0.29) is 35.6 Å². The maximum absolute atomic E-state index is 12.7. The highest BCUT2D eigenvalue weighted by atomic mass is 19.3. The highest BCUT2D eigenvalue weighted by Gasteiger charge is 2.57. The van der Waals surface area contributed by atoms with Crippen LogP contribution in [0.2, 0.25) is 0 Å². The van der Waals surface area contributed by atoms with Gasteiger partial charge in [0.25, 0.3) is 6.43 Å². The third-order valence-electron chi connectivity index (χ3n) is 5.45. The summed E-state index contributed by atoms with van der Waals surface area (Å²) in [6, 6.07) is 11.1. The molecule has 2 heterocycles. The molecule has 1 aromatic heterocycles. The Morgan fingerprint density at radius 3 is 2.69 bits per heavy atom. The van der Waals surface area contributed by atoms with Crippen molar-refractivity contribution < 1.29 is 13.6 Å². The number of urea groups is 1. The molecule has 2 fully saturated rings. The molecule has 1 spiro atoms. The summed E-state index contributed by atoms with van der Waals surface area (Å²) in [4.78, 5) is 22.2. The first-order chi connectivity index (χ1) is 12.6. The molecule has 0 radical (unpaired) electrons. The van der Waals surface area contributed by atoms with E-state index < -0.39 is 6.43 Å². The van der Waals surface area contributed by atoms with Gasteiger partial charge in [-0.25, -0.2) is 23.5 Å². The third kappa shape index (κ3) is 2.91. The van der Waals surface area contributed by atoms with Crippen LogP contribution in [0.25, 0.3) is 0 Å². The maximum atomic E-state index is 12.7. The first kappa shape index (κ1) is 16.9. The van der Waals surface area contributed by atoms with Crippen LogP contribution in [0.5, 0.6) is 0 Å². The number of rotatable bonds is 4. The molecule has 5 nitrogen and oxygen atoms in total. The molecular formula is C19H20F2N4O. The van der Waals surface area contributed by atoms with Gasteiger partial charge in [-0.15, -0.1) is 0 Å². The topological polar surface area (TPSA) is 58.1 Å². The number of benzene rings is 1. The monoisotopic (exact) mass is 358 g/mol. The number of alkyl halides is 2. The van der Waals surface area contributed by atoms with Crippen molar-refractivity contribution in [2.45, 2.75) is 38.3 Å². The molecule has 1 aromatic carbocycles. The van der Waals surface area contributed by atoms with Gasteiger partial charge in [0.1, 0.15) is 11.5 Å². The molecule has 2 aliphatic rings. The summed E-state index contributed by atoms with van der Waals surface area (Å²) in [7, 11) is 0. The third-order valence-corrected chi connectivity index (χ3v) is 5.45. The van der Waals surface area contributed by atoms with Crippen molar-refractivity contribution in [2.24, 2.45) is 5.41 Å². The van der Waals surface area contributed by atoms with E-state index in [0.717, 1.165) is 24.9 Å². The Morgan fingerprint density at radius 1 is 1.27 bits per heavy atom. The lowest BCUT2D eigenvalue weighted by Gasteiger charge is -2.62. The van der Waals surface area contributed by atoms with Crippen LogP contribution in [0.4, 0.5) is 13.6 Å². The van der Waals surface area contributed by atoms with Crippen LogP contribution in [0.1, 0.15) is 48.8 Å². The lowest BCUT2D eigenvalue weighted by Crippen LogP contribution is -2.65. The number of nitrogens with zero attached hydrogens (tertiary/aromatic N) is 3. The van der Waals surface area contributed by atoms with Crippen LogP contribution in [0, 0.1) is 5.41 Å². The number of hydrogen-bond acceptors (Lipinski definition) is 3. The Balaban J connectivity index is 1.44. The molecular weight excluding hydrogens is 338 g/mol. The van der Waals surface area contributed by atoms with E-state index >= 15 is 0 Å². The first-order valence-corrected chi connectivity index (χ1v) is 8.78. The molecule has 26 heavy (non-hydrogen) atoms. The van der Waals surface area contributed by atoms with Crippen LogP contribution >= 0.6 is 0 Å². The number of carbonyl (C=O) groups is 1. The van der Waals surface area contributed by atoms with E-state index in [1.54, 1.807) is 0 Å². The molecule has 1 saturated heterocycles. The zero-order chi connectivity index (χ0) is 18.1. The fourth-order valence-corrected chi connectivity index (χ4v) is 4.03. The zero-order valence-electron chi connectivity index (χ0n) is 14.2. The van der Waals surface area contributed by atoms with Crippen molar-refractivity contribution in [3.05, 3.63) is 59.7 Å². The van der Waals surface area contributed by atoms with Gasteiger partial charge in [0.05, 0.1) is 12.6 Å². The Kier molecular flexibility index (Phi) is 4.30. The largest absolute Gasteiger partial charge is 0.331 e. The van der Waals surface area contributed by atoms with Gasteiger partial charge in [0, 0.05) is 18.2 Å². The predicted molar refractivity (Wildman–Crippen MR) is 91.4 cm³/mol. The van der Waals surface area contributed by atoms with Crippen molar-refractivity contribution in [1.82, 2.24) is 20.2 Å². The SMILES string of the molecule is O=C(NCc1nccc(C(F)F)n1)N1CC2(CCC2)C1c1ccccc1. The van der Waals surface area contributed by atoms with Gasteiger partial charge in [-0.2, -0.15) is 0 Å². The Morgan fingerprint density at radius 2 is 2.04 bits per heavy atom. The van der Waals surface area contributed by atoms with Crippen molar-refractivity contribution in [2.75, 3.05) is 6.54 Å². The maximum Gasteiger partial charge on any atom is 0.318 e. The van der Waals surface area contributed by atoms with Crippen LogP contribution < -0.4 is 5.32 Å². The quantitative estimate of drug-likeness (QED) is 0.903. The normalized spacial score (nSPS) is 20.6. The van der Waals surface area contributed by atoms with Crippen molar-refractivity contribution in [3.63, 3.8) is 0 Å². The Labute approximate surface area is 150 Å². The summed E-state index contributed by atoms with van der Waals surface area (Å²) >= 11 is 0. The molecule has 1 atom stereocenters. The Hall–Kier alpha value is -2.57. The molecule has 2 aromatic rings. The standard InChI is InChI=1S/C19H20F2N4O/c20-17(21)14-7-10-22-15(24-14)11-23-18(26)25-12-19(8-4-9-19)16(25)13-5-2-1-3-6-13/h1-3,5-7,10,16-17H,4,8-9,11-12H2,(H,23,26). The van der Waals surface area contributed by atoms with Gasteiger partial charge in [-0.05, 0) is 24.5 Å². The molecule has 0 bridgehead atoms. The van der Waals surface area contributed by atoms with Gasteiger partial charge in [-0.3, -0.25) is 0 Å². The zero-order valence-corrected chi connectivity index (χ0v) is 14.2. The summed E-state index contributed by atoms with van der Waals surface area (Å²) in [6.45, 7) is 0.765. The fourth-order valence-electron chi connectivity index (χ4n) is 4.03. The van der Waals surface area contributed by atoms with E-state index in [1.165, 1.54) is 18.7 Å². The number of halogens is 2. The molecule has 1 aliphatic heterocycles. The predicted octanol–water partition coefficient (Wildman–Crippen LogP) is 3.85. The lowest BCUT2D eigenvalue weighted by molar-refractivity contribution is -0.0998. The van der Waals surface area contributed by atoms with Gasteiger partial charge >= 0.3 is 6.03 Å². The summed E-state index contributed by atoms with van der Waals surface area (Å²) in [5.41, 5.74) is 1.01. The van der Waals surface area contributed by atoms with Crippen molar-refractivity contribution in [3.8, 4) is 0 Å². The Bertz CT molecular complexity index is 795. The van der Waals surface area contributed by atoms with E-state index in [2.05, 4.69) is 27.4 Å². The van der Waals surface area contributed by atoms with Gasteiger partial charge in [-0.1, -0.05) is 36.8 Å². The van der Waals surface area contributed by atoms with E-state index in [4.69, 9.17) is 0 Å². The smallest absolute Gasteiger partial charge is 0.318 e. The minimum absolute atomic E-state index is 0.0321.